The number of carbonyl (C=O) groups is 3. The van der Waals surface area contributed by atoms with E-state index in [9.17, 15) is 14.4 Å². The largest absolute Gasteiger partial charge is 0.466 e. The second kappa shape index (κ2) is 8.99. The molecule has 1 heterocycles. The molecule has 0 saturated carbocycles. The average Bonchev–Trinajstić information content (AvgIpc) is 2.95. The molecule has 6 nitrogen and oxygen atoms in total. The Labute approximate surface area is 152 Å². The maximum Gasteiger partial charge on any atom is 0.342 e. The molecule has 0 fully saturated rings. The lowest BCUT2D eigenvalue weighted by Crippen LogP contribution is -2.21. The number of rotatable bonds is 8. The summed E-state index contributed by atoms with van der Waals surface area (Å²) in [6.45, 7) is 5.22. The van der Waals surface area contributed by atoms with Gasteiger partial charge in [-0.15, -0.1) is 0 Å². The zero-order valence-electron chi connectivity index (χ0n) is 15.3. The van der Waals surface area contributed by atoms with Gasteiger partial charge < -0.3 is 14.5 Å². The van der Waals surface area contributed by atoms with Crippen LogP contribution in [0.1, 0.15) is 51.1 Å². The van der Waals surface area contributed by atoms with E-state index in [2.05, 4.69) is 5.32 Å². The topological polar surface area (TPSA) is 85.6 Å². The van der Waals surface area contributed by atoms with Crippen LogP contribution in [0.15, 0.2) is 34.7 Å². The van der Waals surface area contributed by atoms with Crippen LogP contribution in [0.3, 0.4) is 0 Å². The van der Waals surface area contributed by atoms with Gasteiger partial charge in [0.25, 0.3) is 0 Å². The molecule has 1 amide bonds. The van der Waals surface area contributed by atoms with E-state index in [1.165, 1.54) is 6.92 Å². The lowest BCUT2D eigenvalue weighted by molar-refractivity contribution is -0.118. The minimum absolute atomic E-state index is 0.0405. The van der Waals surface area contributed by atoms with Crippen molar-refractivity contribution in [1.82, 2.24) is 5.32 Å². The van der Waals surface area contributed by atoms with Crippen LogP contribution in [0.25, 0.3) is 0 Å². The van der Waals surface area contributed by atoms with Gasteiger partial charge in [-0.2, -0.15) is 0 Å². The standard InChI is InChI=1S/C20H23NO5/c1-13-11-18(14(2)26-13)20(24)25-12-19(23)17-8-6-16(7-9-17)5-4-10-21-15(3)22/h6-9,11H,4-5,10,12H2,1-3H3,(H,21,22). The van der Waals surface area contributed by atoms with Crippen molar-refractivity contribution in [2.45, 2.75) is 33.6 Å². The number of hydrogen-bond acceptors (Lipinski definition) is 5. The Morgan fingerprint density at radius 1 is 1.12 bits per heavy atom. The third-order valence-corrected chi connectivity index (χ3v) is 3.89. The third-order valence-electron chi connectivity index (χ3n) is 3.89. The summed E-state index contributed by atoms with van der Waals surface area (Å²) in [6.07, 6.45) is 1.64. The Morgan fingerprint density at radius 2 is 1.81 bits per heavy atom. The number of carbonyl (C=O) groups excluding carboxylic acids is 3. The van der Waals surface area contributed by atoms with Gasteiger partial charge in [0.15, 0.2) is 12.4 Å². The van der Waals surface area contributed by atoms with Gasteiger partial charge in [-0.3, -0.25) is 9.59 Å². The summed E-state index contributed by atoms with van der Waals surface area (Å²) in [5, 5.41) is 2.74. The lowest BCUT2D eigenvalue weighted by Gasteiger charge is -2.06. The molecule has 0 aliphatic rings. The van der Waals surface area contributed by atoms with Gasteiger partial charge >= 0.3 is 5.97 Å². The summed E-state index contributed by atoms with van der Waals surface area (Å²) in [7, 11) is 0. The van der Waals surface area contributed by atoms with Crippen LogP contribution < -0.4 is 5.32 Å². The van der Waals surface area contributed by atoms with Crippen LogP contribution >= 0.6 is 0 Å². The number of Topliss-reactive ketones (excluding diaryl/α,β-unsaturated/α-hetero) is 1. The number of benzene rings is 1. The summed E-state index contributed by atoms with van der Waals surface area (Å²) in [6, 6.07) is 8.77. The van der Waals surface area contributed by atoms with Crippen molar-refractivity contribution in [3.05, 3.63) is 58.5 Å². The molecule has 26 heavy (non-hydrogen) atoms. The van der Waals surface area contributed by atoms with Gasteiger partial charge in [0.2, 0.25) is 5.91 Å². The molecule has 0 aliphatic carbocycles. The third kappa shape index (κ3) is 5.58. The molecule has 0 unspecified atom stereocenters. The average molecular weight is 357 g/mol. The Hall–Kier alpha value is -2.89. The van der Waals surface area contributed by atoms with Crippen molar-refractivity contribution >= 4 is 17.7 Å². The SMILES string of the molecule is CC(=O)NCCCc1ccc(C(=O)COC(=O)c2cc(C)oc2C)cc1. The molecule has 2 aromatic rings. The predicted octanol–water partition coefficient (Wildman–Crippen LogP) is 3.00. The zero-order valence-corrected chi connectivity index (χ0v) is 15.3. The minimum atomic E-state index is -0.567. The number of furan rings is 1. The maximum absolute atomic E-state index is 12.2. The molecule has 6 heteroatoms. The van der Waals surface area contributed by atoms with E-state index in [0.717, 1.165) is 18.4 Å². The van der Waals surface area contributed by atoms with Gasteiger partial charge in [0.1, 0.15) is 17.1 Å². The number of aryl methyl sites for hydroxylation is 3. The lowest BCUT2D eigenvalue weighted by atomic mass is 10.1. The number of amides is 1. The van der Waals surface area contributed by atoms with E-state index < -0.39 is 5.97 Å². The Kier molecular flexibility index (Phi) is 6.72. The summed E-state index contributed by atoms with van der Waals surface area (Å²) < 4.78 is 10.4. The highest BCUT2D eigenvalue weighted by Crippen LogP contribution is 2.15. The fraction of sp³-hybridized carbons (Fsp3) is 0.350. The molecule has 0 radical (unpaired) electrons. The first-order valence-electron chi connectivity index (χ1n) is 8.47. The van der Waals surface area contributed by atoms with Crippen molar-refractivity contribution in [2.24, 2.45) is 0 Å². The molecule has 1 aromatic heterocycles. The molecular formula is C20H23NO5. The summed E-state index contributed by atoms with van der Waals surface area (Å²) in [4.78, 5) is 35.0. The Bertz CT molecular complexity index is 789. The van der Waals surface area contributed by atoms with Crippen LogP contribution in [0.5, 0.6) is 0 Å². The quantitative estimate of drug-likeness (QED) is 0.446. The van der Waals surface area contributed by atoms with Crippen LogP contribution in [0.4, 0.5) is 0 Å². The van der Waals surface area contributed by atoms with E-state index >= 15 is 0 Å². The fourth-order valence-electron chi connectivity index (χ4n) is 2.54. The molecule has 0 spiro atoms. The van der Waals surface area contributed by atoms with Crippen LogP contribution in [0, 0.1) is 13.8 Å². The van der Waals surface area contributed by atoms with Crippen molar-refractivity contribution < 1.29 is 23.5 Å². The second-order valence-electron chi connectivity index (χ2n) is 6.11. The maximum atomic E-state index is 12.2. The summed E-state index contributed by atoms with van der Waals surface area (Å²) >= 11 is 0. The van der Waals surface area contributed by atoms with Gasteiger partial charge in [-0.05, 0) is 38.3 Å². The number of ketones is 1. The van der Waals surface area contributed by atoms with Crippen molar-refractivity contribution in [1.29, 1.82) is 0 Å². The van der Waals surface area contributed by atoms with Crippen LogP contribution in [0.2, 0.25) is 0 Å². The summed E-state index contributed by atoms with van der Waals surface area (Å²) in [5.41, 5.74) is 1.90. The van der Waals surface area contributed by atoms with Crippen molar-refractivity contribution in [3.8, 4) is 0 Å². The summed E-state index contributed by atoms with van der Waals surface area (Å²) in [5.74, 6) is 0.225. The van der Waals surface area contributed by atoms with Gasteiger partial charge in [-0.25, -0.2) is 4.79 Å². The van der Waals surface area contributed by atoms with E-state index in [4.69, 9.17) is 9.15 Å². The molecule has 0 aliphatic heterocycles. The fourth-order valence-corrected chi connectivity index (χ4v) is 2.54. The second-order valence-corrected chi connectivity index (χ2v) is 6.11. The van der Waals surface area contributed by atoms with E-state index in [-0.39, 0.29) is 18.3 Å². The molecule has 0 saturated heterocycles. The van der Waals surface area contributed by atoms with Crippen molar-refractivity contribution in [2.75, 3.05) is 13.2 Å². The molecule has 1 N–H and O–H groups in total. The van der Waals surface area contributed by atoms with Gasteiger partial charge in [0.05, 0.1) is 0 Å². The first-order valence-corrected chi connectivity index (χ1v) is 8.47. The highest BCUT2D eigenvalue weighted by molar-refractivity contribution is 5.99. The monoisotopic (exact) mass is 357 g/mol. The smallest absolute Gasteiger partial charge is 0.342 e. The normalized spacial score (nSPS) is 10.4. The Morgan fingerprint density at radius 3 is 2.38 bits per heavy atom. The minimum Gasteiger partial charge on any atom is -0.466 e. The van der Waals surface area contributed by atoms with E-state index in [1.807, 2.05) is 12.1 Å². The first-order chi connectivity index (χ1) is 12.4. The molecule has 2 rings (SSSR count). The number of esters is 1. The first kappa shape index (κ1) is 19.4. The van der Waals surface area contributed by atoms with Crippen LogP contribution in [-0.4, -0.2) is 30.8 Å². The molecule has 1 aromatic carbocycles. The molecule has 0 bridgehead atoms. The number of hydrogen-bond donors (Lipinski definition) is 1. The van der Waals surface area contributed by atoms with Crippen molar-refractivity contribution in [3.63, 3.8) is 0 Å². The zero-order chi connectivity index (χ0) is 19.1. The highest BCUT2D eigenvalue weighted by Gasteiger charge is 2.17. The molecule has 0 atom stereocenters. The predicted molar refractivity (Wildman–Crippen MR) is 96.2 cm³/mol. The van der Waals surface area contributed by atoms with Crippen LogP contribution in [-0.2, 0) is 16.0 Å². The Balaban J connectivity index is 1.83. The van der Waals surface area contributed by atoms with Gasteiger partial charge in [0, 0.05) is 19.0 Å². The highest BCUT2D eigenvalue weighted by atomic mass is 16.5. The number of ether oxygens (including phenoxy) is 1. The van der Waals surface area contributed by atoms with E-state index in [0.29, 0.717) is 29.2 Å². The molecule has 138 valence electrons. The number of nitrogens with one attached hydrogen (secondary N) is 1. The van der Waals surface area contributed by atoms with Gasteiger partial charge in [-0.1, -0.05) is 24.3 Å². The molecular weight excluding hydrogens is 334 g/mol. The van der Waals surface area contributed by atoms with E-state index in [1.54, 1.807) is 32.0 Å².